The van der Waals surface area contributed by atoms with Crippen molar-refractivity contribution >= 4 is 23.2 Å². The maximum atomic E-state index is 14.4. The summed E-state index contributed by atoms with van der Waals surface area (Å²) in [6, 6.07) is 22.6. The molecule has 1 saturated carbocycles. The molecule has 5 rings (SSSR count). The van der Waals surface area contributed by atoms with Gasteiger partial charge in [-0.05, 0) is 83.5 Å². The lowest BCUT2D eigenvalue weighted by Gasteiger charge is -2.54. The molecule has 0 radical (unpaired) electrons. The number of hydrogen-bond donors (Lipinski definition) is 3. The van der Waals surface area contributed by atoms with Crippen LogP contribution in [0.25, 0.3) is 0 Å². The summed E-state index contributed by atoms with van der Waals surface area (Å²) in [5.41, 5.74) is 4.48. The van der Waals surface area contributed by atoms with Crippen molar-refractivity contribution in [1.82, 2.24) is 5.32 Å². The maximum absolute atomic E-state index is 14.4. The predicted molar refractivity (Wildman–Crippen MR) is 170 cm³/mol. The Morgan fingerprint density at radius 1 is 1.02 bits per heavy atom. The number of hydrogen-bond acceptors (Lipinski definition) is 5. The van der Waals surface area contributed by atoms with Crippen LogP contribution in [-0.2, 0) is 21.4 Å². The first-order valence-corrected chi connectivity index (χ1v) is 15.2. The number of oxime groups is 1. The Hall–Kier alpha value is -4.13. The van der Waals surface area contributed by atoms with Crippen LogP contribution in [0.1, 0.15) is 81.5 Å². The summed E-state index contributed by atoms with van der Waals surface area (Å²) in [6.45, 7) is 8.59. The number of carbonyl (C=O) groups excluding carboxylic acids is 2. The molecule has 3 aromatic rings. The van der Waals surface area contributed by atoms with E-state index in [9.17, 15) is 14.8 Å². The second-order valence-electron chi connectivity index (χ2n) is 12.9. The molecule has 0 saturated heterocycles. The van der Waals surface area contributed by atoms with Gasteiger partial charge in [0, 0.05) is 17.7 Å². The third-order valence-corrected chi connectivity index (χ3v) is 9.87. The Kier molecular flexibility index (Phi) is 8.63. The van der Waals surface area contributed by atoms with Crippen molar-refractivity contribution in [1.29, 1.82) is 0 Å². The van der Waals surface area contributed by atoms with E-state index in [4.69, 9.17) is 4.74 Å². The van der Waals surface area contributed by atoms with Crippen molar-refractivity contribution in [2.45, 2.75) is 77.2 Å². The third kappa shape index (κ3) is 5.90. The highest BCUT2D eigenvalue weighted by Crippen LogP contribution is 2.57. The molecule has 0 heterocycles. The number of carbonyl (C=O) groups is 2. The smallest absolute Gasteiger partial charge is 0.247 e. The summed E-state index contributed by atoms with van der Waals surface area (Å²) in [5.74, 6) is 0.523. The van der Waals surface area contributed by atoms with Crippen molar-refractivity contribution in [3.8, 4) is 5.75 Å². The predicted octanol–water partition coefficient (Wildman–Crippen LogP) is 6.83. The van der Waals surface area contributed by atoms with Gasteiger partial charge in [-0.25, -0.2) is 0 Å². The molecule has 2 amide bonds. The van der Waals surface area contributed by atoms with Crippen LogP contribution in [0.4, 0.5) is 5.69 Å². The average Bonchev–Trinajstić information content (AvgIpc) is 3.01. The second-order valence-corrected chi connectivity index (χ2v) is 12.9. The van der Waals surface area contributed by atoms with Gasteiger partial charge in [0.2, 0.25) is 11.8 Å². The number of methoxy groups -OCH3 is 1. The van der Waals surface area contributed by atoms with E-state index in [0.29, 0.717) is 42.3 Å². The highest BCUT2D eigenvalue weighted by atomic mass is 16.5. The Morgan fingerprint density at radius 3 is 2.40 bits per heavy atom. The number of rotatable bonds is 8. The number of fused-ring (bicyclic) bond motifs is 3. The third-order valence-electron chi connectivity index (χ3n) is 9.87. The van der Waals surface area contributed by atoms with Crippen LogP contribution in [0.3, 0.4) is 0 Å². The lowest BCUT2D eigenvalue weighted by atomic mass is 9.49. The van der Waals surface area contributed by atoms with Crippen LogP contribution in [0.5, 0.6) is 5.75 Å². The molecule has 43 heavy (non-hydrogen) atoms. The first kappa shape index (κ1) is 30.3. The fraction of sp³-hybridized carbons (Fsp3) is 0.417. The second kappa shape index (κ2) is 12.2. The van der Waals surface area contributed by atoms with Gasteiger partial charge >= 0.3 is 0 Å². The van der Waals surface area contributed by atoms with Gasteiger partial charge in [0.1, 0.15) is 11.8 Å². The van der Waals surface area contributed by atoms with E-state index in [1.54, 1.807) is 31.4 Å². The van der Waals surface area contributed by atoms with Gasteiger partial charge in [-0.15, -0.1) is 0 Å². The molecular weight excluding hydrogens is 538 g/mol. The minimum Gasteiger partial charge on any atom is -0.497 e. The van der Waals surface area contributed by atoms with Gasteiger partial charge in [-0.2, -0.15) is 0 Å². The molecular formula is C36H43N3O4. The first-order valence-electron chi connectivity index (χ1n) is 15.2. The molecule has 3 aromatic carbocycles. The quantitative estimate of drug-likeness (QED) is 0.201. The number of anilines is 1. The van der Waals surface area contributed by atoms with Crippen LogP contribution in [0.2, 0.25) is 0 Å². The van der Waals surface area contributed by atoms with Gasteiger partial charge in [0.15, 0.2) is 0 Å². The molecule has 1 fully saturated rings. The van der Waals surface area contributed by atoms with Gasteiger partial charge in [-0.1, -0.05) is 81.7 Å². The molecule has 4 atom stereocenters. The zero-order valence-corrected chi connectivity index (χ0v) is 25.8. The molecule has 7 heteroatoms. The van der Waals surface area contributed by atoms with Crippen LogP contribution in [-0.4, -0.2) is 35.9 Å². The highest BCUT2D eigenvalue weighted by Gasteiger charge is 2.56. The number of nitrogens with zero attached hydrogens (tertiary/aromatic N) is 1. The fourth-order valence-corrected chi connectivity index (χ4v) is 7.26. The summed E-state index contributed by atoms with van der Waals surface area (Å²) in [7, 11) is 1.60. The average molecular weight is 582 g/mol. The van der Waals surface area contributed by atoms with E-state index in [0.717, 1.165) is 29.5 Å². The first-order chi connectivity index (χ1) is 20.6. The lowest BCUT2D eigenvalue weighted by molar-refractivity contribution is -0.140. The molecule has 7 nitrogen and oxygen atoms in total. The number of ether oxygens (including phenoxy) is 1. The molecule has 0 aliphatic heterocycles. The van der Waals surface area contributed by atoms with Crippen molar-refractivity contribution < 1.29 is 19.5 Å². The van der Waals surface area contributed by atoms with E-state index >= 15 is 0 Å². The normalized spacial score (nSPS) is 24.5. The molecule has 226 valence electrons. The van der Waals surface area contributed by atoms with Crippen LogP contribution in [0, 0.1) is 11.3 Å². The molecule has 3 N–H and O–H groups in total. The van der Waals surface area contributed by atoms with Gasteiger partial charge in [0.25, 0.3) is 0 Å². The Morgan fingerprint density at radius 2 is 1.74 bits per heavy atom. The molecule has 0 spiro atoms. The summed E-state index contributed by atoms with van der Waals surface area (Å²) in [5, 5.41) is 20.0. The zero-order chi connectivity index (χ0) is 30.8. The van der Waals surface area contributed by atoms with Crippen molar-refractivity contribution in [2.24, 2.45) is 16.5 Å². The van der Waals surface area contributed by atoms with Gasteiger partial charge < -0.3 is 20.6 Å². The SMILES string of the molecule is COc1ccc(NC(=O)[C@@H](Cc2ccccc2)NC(=O)[C@]2(C)CCC[C@]3(C)c4ccc(C(C)C)cc4/C(=N\O)C[C@@H]23)cc1. The molecule has 0 bridgehead atoms. The number of benzene rings is 3. The highest BCUT2D eigenvalue weighted by molar-refractivity contribution is 6.04. The molecule has 2 aliphatic rings. The van der Waals surface area contributed by atoms with E-state index in [-0.39, 0.29) is 23.1 Å². The maximum Gasteiger partial charge on any atom is 0.247 e. The Balaban J connectivity index is 1.45. The van der Waals surface area contributed by atoms with Gasteiger partial charge in [0.05, 0.1) is 18.2 Å². The van der Waals surface area contributed by atoms with E-state index in [1.807, 2.05) is 37.3 Å². The zero-order valence-electron chi connectivity index (χ0n) is 25.8. The number of amides is 2. The standard InChI is InChI=1S/C36H43N3O4/c1-23(2)25-12-17-29-28(21-25)30(39-42)22-32-35(29,3)18-9-19-36(32,4)34(41)38-31(20-24-10-7-6-8-11-24)33(40)37-26-13-15-27(43-5)16-14-26/h6-8,10-17,21,23,31-32,42H,9,18-20,22H2,1-5H3,(H,37,40)(H,38,41)/b39-30-/t31-,32-,35-,36-/m1/s1. The molecule has 0 unspecified atom stereocenters. The van der Waals surface area contributed by atoms with Crippen molar-refractivity contribution in [3.05, 3.63) is 95.1 Å². The summed E-state index contributed by atoms with van der Waals surface area (Å²) in [4.78, 5) is 28.1. The van der Waals surface area contributed by atoms with E-state index in [2.05, 4.69) is 54.8 Å². The van der Waals surface area contributed by atoms with Crippen molar-refractivity contribution in [3.63, 3.8) is 0 Å². The van der Waals surface area contributed by atoms with Crippen molar-refractivity contribution in [2.75, 3.05) is 12.4 Å². The summed E-state index contributed by atoms with van der Waals surface area (Å²) in [6.07, 6.45) is 3.37. The Labute approximate surface area is 254 Å². The summed E-state index contributed by atoms with van der Waals surface area (Å²) < 4.78 is 5.24. The minimum absolute atomic E-state index is 0.0981. The van der Waals surface area contributed by atoms with E-state index in [1.165, 1.54) is 5.56 Å². The summed E-state index contributed by atoms with van der Waals surface area (Å²) >= 11 is 0. The lowest BCUT2D eigenvalue weighted by Crippen LogP contribution is -2.58. The Bertz CT molecular complexity index is 1500. The van der Waals surface area contributed by atoms with Crippen LogP contribution < -0.4 is 15.4 Å². The minimum atomic E-state index is -0.780. The van der Waals surface area contributed by atoms with Crippen LogP contribution in [0.15, 0.2) is 78.0 Å². The molecule has 0 aromatic heterocycles. The van der Waals surface area contributed by atoms with Gasteiger partial charge in [-0.3, -0.25) is 9.59 Å². The molecule has 2 aliphatic carbocycles. The van der Waals surface area contributed by atoms with Crippen LogP contribution >= 0.6 is 0 Å². The largest absolute Gasteiger partial charge is 0.497 e. The number of nitrogens with one attached hydrogen (secondary N) is 2. The topological polar surface area (TPSA) is 100 Å². The van der Waals surface area contributed by atoms with E-state index < -0.39 is 11.5 Å². The monoisotopic (exact) mass is 581 g/mol. The fourth-order valence-electron chi connectivity index (χ4n) is 7.26.